The number of nitrogens with zero attached hydrogens (tertiary/aromatic N) is 2. The van der Waals surface area contributed by atoms with Gasteiger partial charge >= 0.3 is 0 Å². The van der Waals surface area contributed by atoms with Crippen molar-refractivity contribution in [2.24, 2.45) is 11.7 Å². The van der Waals surface area contributed by atoms with Gasteiger partial charge in [0.25, 0.3) is 0 Å². The van der Waals surface area contributed by atoms with Gasteiger partial charge in [-0.2, -0.15) is 0 Å². The molecule has 3 nitrogen and oxygen atoms in total. The third-order valence-corrected chi connectivity index (χ3v) is 3.34. The van der Waals surface area contributed by atoms with Crippen LogP contribution in [0.15, 0.2) is 12.4 Å². The zero-order valence-corrected chi connectivity index (χ0v) is 10.2. The van der Waals surface area contributed by atoms with Gasteiger partial charge in [0.1, 0.15) is 5.82 Å². The first kappa shape index (κ1) is 11.5. The maximum Gasteiger partial charge on any atom is 0.131 e. The van der Waals surface area contributed by atoms with E-state index in [-0.39, 0.29) is 6.04 Å². The van der Waals surface area contributed by atoms with Crippen LogP contribution in [0.5, 0.6) is 0 Å². The van der Waals surface area contributed by atoms with E-state index in [1.165, 1.54) is 19.3 Å². The Morgan fingerprint density at radius 2 is 2.06 bits per heavy atom. The number of hydrogen-bond donors (Lipinski definition) is 1. The first-order valence-electron chi connectivity index (χ1n) is 6.21. The number of aromatic nitrogens is 2. The highest BCUT2D eigenvalue weighted by atomic mass is 14.9. The van der Waals surface area contributed by atoms with Crippen molar-refractivity contribution in [1.29, 1.82) is 0 Å². The maximum absolute atomic E-state index is 5.75. The van der Waals surface area contributed by atoms with Crippen molar-refractivity contribution in [2.75, 3.05) is 0 Å². The fraction of sp³-hybridized carbons (Fsp3) is 0.692. The Labute approximate surface area is 97.5 Å². The molecule has 16 heavy (non-hydrogen) atoms. The highest BCUT2D eigenvalue weighted by molar-refractivity contribution is 5.09. The molecule has 0 bridgehead atoms. The van der Waals surface area contributed by atoms with E-state index >= 15 is 0 Å². The summed E-state index contributed by atoms with van der Waals surface area (Å²) < 4.78 is 0. The lowest BCUT2D eigenvalue weighted by atomic mass is 10.1. The van der Waals surface area contributed by atoms with Crippen molar-refractivity contribution in [3.05, 3.63) is 23.8 Å². The molecular formula is C13H21N3. The molecule has 3 atom stereocenters. The van der Waals surface area contributed by atoms with Gasteiger partial charge in [-0.25, -0.2) is 9.97 Å². The summed E-state index contributed by atoms with van der Waals surface area (Å²) in [4.78, 5) is 8.96. The molecule has 0 spiro atoms. The van der Waals surface area contributed by atoms with Crippen molar-refractivity contribution in [1.82, 2.24) is 9.97 Å². The quantitative estimate of drug-likeness (QED) is 0.848. The van der Waals surface area contributed by atoms with E-state index in [0.717, 1.165) is 23.7 Å². The first-order chi connectivity index (χ1) is 7.65. The van der Waals surface area contributed by atoms with Crippen molar-refractivity contribution in [2.45, 2.75) is 51.5 Å². The van der Waals surface area contributed by atoms with Crippen LogP contribution in [0.2, 0.25) is 0 Å². The van der Waals surface area contributed by atoms with Crippen LogP contribution in [-0.2, 0) is 6.42 Å². The molecule has 1 saturated carbocycles. The van der Waals surface area contributed by atoms with Gasteiger partial charge in [-0.15, -0.1) is 0 Å². The van der Waals surface area contributed by atoms with E-state index in [9.17, 15) is 0 Å². The number of rotatable bonds is 3. The zero-order chi connectivity index (χ0) is 11.5. The van der Waals surface area contributed by atoms with E-state index in [2.05, 4.69) is 16.9 Å². The van der Waals surface area contributed by atoms with Crippen LogP contribution in [0.3, 0.4) is 0 Å². The third kappa shape index (κ3) is 2.79. The molecule has 88 valence electrons. The predicted molar refractivity (Wildman–Crippen MR) is 65.1 cm³/mol. The maximum atomic E-state index is 5.75. The molecule has 0 saturated heterocycles. The average Bonchev–Trinajstić information content (AvgIpc) is 2.65. The summed E-state index contributed by atoms with van der Waals surface area (Å²) in [7, 11) is 0. The summed E-state index contributed by atoms with van der Waals surface area (Å²) in [6, 6.07) is 0.181. The van der Waals surface area contributed by atoms with Gasteiger partial charge in [-0.3, -0.25) is 0 Å². The molecule has 0 radical (unpaired) electrons. The molecule has 1 heterocycles. The molecule has 3 heteroatoms. The van der Waals surface area contributed by atoms with E-state index < -0.39 is 0 Å². The molecule has 1 aromatic rings. The van der Waals surface area contributed by atoms with Gasteiger partial charge in [0.05, 0.1) is 0 Å². The smallest absolute Gasteiger partial charge is 0.131 e. The van der Waals surface area contributed by atoms with Crippen molar-refractivity contribution in [3.8, 4) is 0 Å². The van der Waals surface area contributed by atoms with Gasteiger partial charge in [0.2, 0.25) is 0 Å². The van der Waals surface area contributed by atoms with E-state index in [4.69, 9.17) is 5.73 Å². The zero-order valence-electron chi connectivity index (χ0n) is 10.2. The molecule has 1 aliphatic rings. The largest absolute Gasteiger partial charge is 0.328 e. The van der Waals surface area contributed by atoms with Gasteiger partial charge in [0, 0.05) is 24.4 Å². The number of nitrogens with two attached hydrogens (primary N) is 1. The molecule has 1 fully saturated rings. The third-order valence-electron chi connectivity index (χ3n) is 3.34. The van der Waals surface area contributed by atoms with E-state index in [1.807, 2.05) is 19.3 Å². The first-order valence-corrected chi connectivity index (χ1v) is 6.21. The van der Waals surface area contributed by atoms with Gasteiger partial charge in [0.15, 0.2) is 0 Å². The molecule has 0 aromatic carbocycles. The Hall–Kier alpha value is -0.960. The second kappa shape index (κ2) is 4.91. The normalized spacial score (nSPS) is 26.9. The summed E-state index contributed by atoms with van der Waals surface area (Å²) >= 11 is 0. The molecule has 2 rings (SSSR count). The molecule has 3 unspecified atom stereocenters. The minimum absolute atomic E-state index is 0.181. The second-order valence-corrected chi connectivity index (χ2v) is 5.25. The molecule has 1 aliphatic carbocycles. The predicted octanol–water partition coefficient (Wildman–Crippen LogP) is 2.27. The van der Waals surface area contributed by atoms with Crippen LogP contribution in [0.25, 0.3) is 0 Å². The highest BCUT2D eigenvalue weighted by Crippen LogP contribution is 2.36. The second-order valence-electron chi connectivity index (χ2n) is 5.25. The summed E-state index contributed by atoms with van der Waals surface area (Å²) in [5.74, 6) is 2.44. The fourth-order valence-electron chi connectivity index (χ4n) is 2.49. The van der Waals surface area contributed by atoms with Crippen LogP contribution >= 0.6 is 0 Å². The minimum Gasteiger partial charge on any atom is -0.328 e. The van der Waals surface area contributed by atoms with Crippen molar-refractivity contribution >= 4 is 0 Å². The highest BCUT2D eigenvalue weighted by Gasteiger charge is 2.24. The summed E-state index contributed by atoms with van der Waals surface area (Å²) in [6.07, 6.45) is 8.54. The lowest BCUT2D eigenvalue weighted by Gasteiger charge is -2.09. The van der Waals surface area contributed by atoms with Gasteiger partial charge < -0.3 is 5.73 Å². The lowest BCUT2D eigenvalue weighted by molar-refractivity contribution is 0.584. The molecule has 0 aliphatic heterocycles. The Bertz CT molecular complexity index is 332. The van der Waals surface area contributed by atoms with E-state index in [0.29, 0.717) is 5.92 Å². The topological polar surface area (TPSA) is 51.8 Å². The number of hydrogen-bond acceptors (Lipinski definition) is 3. The summed E-state index contributed by atoms with van der Waals surface area (Å²) in [5.41, 5.74) is 6.89. The Morgan fingerprint density at radius 3 is 2.56 bits per heavy atom. The summed E-state index contributed by atoms with van der Waals surface area (Å²) in [5, 5.41) is 0. The SMILES string of the molecule is CC(N)Cc1cnc(C2CCC(C)C2)nc1. The van der Waals surface area contributed by atoms with Crippen LogP contribution < -0.4 is 5.73 Å². The van der Waals surface area contributed by atoms with E-state index in [1.54, 1.807) is 0 Å². The van der Waals surface area contributed by atoms with Crippen LogP contribution in [0.4, 0.5) is 0 Å². The molecular weight excluding hydrogens is 198 g/mol. The van der Waals surface area contributed by atoms with Gasteiger partial charge in [-0.1, -0.05) is 6.92 Å². The Balaban J connectivity index is 2.02. The van der Waals surface area contributed by atoms with Crippen LogP contribution in [-0.4, -0.2) is 16.0 Å². The standard InChI is InChI=1S/C13H21N3/c1-9-3-4-12(5-9)13-15-7-11(8-16-13)6-10(2)14/h7-10,12H,3-6,14H2,1-2H3. The van der Waals surface area contributed by atoms with Crippen LogP contribution in [0, 0.1) is 5.92 Å². The summed E-state index contributed by atoms with van der Waals surface area (Å²) in [6.45, 7) is 4.32. The average molecular weight is 219 g/mol. The fourth-order valence-corrected chi connectivity index (χ4v) is 2.49. The van der Waals surface area contributed by atoms with Gasteiger partial charge in [-0.05, 0) is 44.1 Å². The Kier molecular flexibility index (Phi) is 3.54. The van der Waals surface area contributed by atoms with Crippen LogP contribution in [0.1, 0.15) is 50.4 Å². The monoisotopic (exact) mass is 219 g/mol. The van der Waals surface area contributed by atoms with Crippen molar-refractivity contribution in [3.63, 3.8) is 0 Å². The molecule has 1 aromatic heterocycles. The molecule has 0 amide bonds. The Morgan fingerprint density at radius 1 is 1.38 bits per heavy atom. The molecule has 2 N–H and O–H groups in total. The van der Waals surface area contributed by atoms with Crippen molar-refractivity contribution < 1.29 is 0 Å². The minimum atomic E-state index is 0.181. The lowest BCUT2D eigenvalue weighted by Crippen LogP contribution is -2.18.